The van der Waals surface area contributed by atoms with Gasteiger partial charge in [0.15, 0.2) is 0 Å². The first-order valence-corrected chi connectivity index (χ1v) is 7.67. The Morgan fingerprint density at radius 1 is 1.20 bits per heavy atom. The van der Waals surface area contributed by atoms with Crippen molar-refractivity contribution in [2.24, 2.45) is 0 Å². The molecule has 5 heteroatoms. The van der Waals surface area contributed by atoms with Gasteiger partial charge in [-0.15, -0.1) is 0 Å². The summed E-state index contributed by atoms with van der Waals surface area (Å²) in [7, 11) is 1.71. The van der Waals surface area contributed by atoms with Gasteiger partial charge < -0.3 is 9.26 Å². The van der Waals surface area contributed by atoms with Gasteiger partial charge in [0.1, 0.15) is 11.4 Å². The number of ketones is 1. The van der Waals surface area contributed by atoms with Crippen LogP contribution in [0.4, 0.5) is 0 Å². The summed E-state index contributed by atoms with van der Waals surface area (Å²) in [4.78, 5) is 16.7. The zero-order valence-corrected chi connectivity index (χ0v) is 12.1. The molecule has 110 valence electrons. The number of hydrogen-bond acceptors (Lipinski definition) is 5. The number of hydrogen-bond donors (Lipinski definition) is 0. The molecule has 2 saturated carbocycles. The molecule has 0 N–H and O–H groups in total. The molecular weight excluding hydrogens is 256 g/mol. The van der Waals surface area contributed by atoms with E-state index in [1.54, 1.807) is 7.11 Å². The molecule has 0 radical (unpaired) electrons. The summed E-state index contributed by atoms with van der Waals surface area (Å²) < 4.78 is 11.1. The van der Waals surface area contributed by atoms with Crippen molar-refractivity contribution in [1.29, 1.82) is 0 Å². The maximum absolute atomic E-state index is 12.1. The van der Waals surface area contributed by atoms with Crippen molar-refractivity contribution in [2.45, 2.75) is 69.3 Å². The Bertz CT molecular complexity index is 477. The molecule has 1 aromatic heterocycles. The molecule has 1 atom stereocenters. The third-order valence-electron chi connectivity index (χ3n) is 4.75. The van der Waals surface area contributed by atoms with E-state index in [1.165, 1.54) is 0 Å². The third kappa shape index (κ3) is 2.39. The van der Waals surface area contributed by atoms with Crippen molar-refractivity contribution in [2.75, 3.05) is 7.11 Å². The highest BCUT2D eigenvalue weighted by Gasteiger charge is 2.41. The Labute approximate surface area is 119 Å². The summed E-state index contributed by atoms with van der Waals surface area (Å²) >= 11 is 0. The van der Waals surface area contributed by atoms with Gasteiger partial charge in [0.25, 0.3) is 0 Å². The summed E-state index contributed by atoms with van der Waals surface area (Å²) in [5.41, 5.74) is -0.393. The monoisotopic (exact) mass is 278 g/mol. The number of nitrogens with zero attached hydrogens (tertiary/aromatic N) is 2. The number of methoxy groups -OCH3 is 1. The second kappa shape index (κ2) is 5.64. The number of rotatable bonds is 3. The summed E-state index contributed by atoms with van der Waals surface area (Å²) in [6.45, 7) is 0. The van der Waals surface area contributed by atoms with Gasteiger partial charge in [-0.1, -0.05) is 18.0 Å². The van der Waals surface area contributed by atoms with E-state index in [1.807, 2.05) is 0 Å². The van der Waals surface area contributed by atoms with Crippen LogP contribution in [0.1, 0.15) is 75.4 Å². The van der Waals surface area contributed by atoms with E-state index in [9.17, 15) is 4.79 Å². The standard InChI is InChI=1S/C15H22N2O3/c1-19-15(9-5-6-10-15)14-16-13(20-17-14)11-7-3-2-4-8-12(11)18/h11H,2-10H2,1H3. The van der Waals surface area contributed by atoms with Crippen LogP contribution in [0, 0.1) is 0 Å². The first-order chi connectivity index (χ1) is 9.75. The van der Waals surface area contributed by atoms with E-state index in [2.05, 4.69) is 10.1 Å². The fourth-order valence-electron chi connectivity index (χ4n) is 3.45. The van der Waals surface area contributed by atoms with Gasteiger partial charge in [0.05, 0.1) is 5.92 Å². The topological polar surface area (TPSA) is 65.2 Å². The molecule has 0 saturated heterocycles. The van der Waals surface area contributed by atoms with E-state index in [-0.39, 0.29) is 11.7 Å². The zero-order chi connectivity index (χ0) is 14.0. The van der Waals surface area contributed by atoms with Gasteiger partial charge in [0.2, 0.25) is 11.7 Å². The SMILES string of the molecule is COC1(c2noc(C3CCCCCC3=O)n2)CCCC1. The number of ether oxygens (including phenoxy) is 1. The molecule has 1 aromatic rings. The van der Waals surface area contributed by atoms with Crippen LogP contribution < -0.4 is 0 Å². The van der Waals surface area contributed by atoms with Gasteiger partial charge >= 0.3 is 0 Å². The van der Waals surface area contributed by atoms with Crippen LogP contribution in [0.25, 0.3) is 0 Å². The highest BCUT2D eigenvalue weighted by molar-refractivity contribution is 5.84. The van der Waals surface area contributed by atoms with E-state index < -0.39 is 5.60 Å². The number of Topliss-reactive ketones (excluding diaryl/α,β-unsaturated/α-hetero) is 1. The molecule has 2 aliphatic rings. The minimum atomic E-state index is -0.393. The number of carbonyl (C=O) groups is 1. The second-order valence-corrected chi connectivity index (χ2v) is 5.98. The van der Waals surface area contributed by atoms with Gasteiger partial charge in [-0.3, -0.25) is 4.79 Å². The third-order valence-corrected chi connectivity index (χ3v) is 4.75. The van der Waals surface area contributed by atoms with Crippen molar-refractivity contribution in [3.05, 3.63) is 11.7 Å². The van der Waals surface area contributed by atoms with Crippen molar-refractivity contribution < 1.29 is 14.1 Å². The Balaban J connectivity index is 1.84. The Kier molecular flexibility index (Phi) is 3.87. The molecule has 2 aliphatic carbocycles. The lowest BCUT2D eigenvalue weighted by molar-refractivity contribution is -0.120. The van der Waals surface area contributed by atoms with Crippen molar-refractivity contribution in [1.82, 2.24) is 10.1 Å². The van der Waals surface area contributed by atoms with Gasteiger partial charge in [-0.05, 0) is 38.5 Å². The van der Waals surface area contributed by atoms with Crippen molar-refractivity contribution in [3.8, 4) is 0 Å². The largest absolute Gasteiger partial charge is 0.370 e. The molecule has 0 bridgehead atoms. The van der Waals surface area contributed by atoms with Crippen molar-refractivity contribution >= 4 is 5.78 Å². The van der Waals surface area contributed by atoms with Crippen LogP contribution in [0.15, 0.2) is 4.52 Å². The minimum absolute atomic E-state index is 0.200. The maximum atomic E-state index is 12.1. The average Bonchev–Trinajstić information content (AvgIpc) is 3.08. The van der Waals surface area contributed by atoms with E-state index in [0.717, 1.165) is 51.4 Å². The highest BCUT2D eigenvalue weighted by Crippen LogP contribution is 2.40. The summed E-state index contributed by atoms with van der Waals surface area (Å²) in [6.07, 6.45) is 8.74. The maximum Gasteiger partial charge on any atom is 0.237 e. The van der Waals surface area contributed by atoms with Crippen molar-refractivity contribution in [3.63, 3.8) is 0 Å². The van der Waals surface area contributed by atoms with E-state index in [4.69, 9.17) is 9.26 Å². The fraction of sp³-hybridized carbons (Fsp3) is 0.800. The van der Waals surface area contributed by atoms with Crippen LogP contribution in [-0.4, -0.2) is 23.0 Å². The molecule has 0 aromatic carbocycles. The lowest BCUT2D eigenvalue weighted by Gasteiger charge is -2.22. The lowest BCUT2D eigenvalue weighted by atomic mass is 9.98. The fourth-order valence-corrected chi connectivity index (χ4v) is 3.45. The Morgan fingerprint density at radius 3 is 2.75 bits per heavy atom. The zero-order valence-electron chi connectivity index (χ0n) is 12.1. The van der Waals surface area contributed by atoms with Gasteiger partial charge in [-0.25, -0.2) is 0 Å². The molecular formula is C15H22N2O3. The molecule has 0 amide bonds. The van der Waals surface area contributed by atoms with Crippen LogP contribution >= 0.6 is 0 Å². The summed E-state index contributed by atoms with van der Waals surface area (Å²) in [5, 5.41) is 4.12. The van der Waals surface area contributed by atoms with Crippen LogP contribution in [-0.2, 0) is 15.1 Å². The Hall–Kier alpha value is -1.23. The van der Waals surface area contributed by atoms with Gasteiger partial charge in [0, 0.05) is 13.5 Å². The normalized spacial score (nSPS) is 26.6. The number of aromatic nitrogens is 2. The summed E-state index contributed by atoms with van der Waals surface area (Å²) in [5.74, 6) is 1.17. The molecule has 1 unspecified atom stereocenters. The average molecular weight is 278 g/mol. The first-order valence-electron chi connectivity index (χ1n) is 7.67. The molecule has 20 heavy (non-hydrogen) atoms. The molecule has 0 aliphatic heterocycles. The van der Waals surface area contributed by atoms with Gasteiger partial charge in [-0.2, -0.15) is 4.98 Å². The minimum Gasteiger partial charge on any atom is -0.370 e. The highest BCUT2D eigenvalue weighted by atomic mass is 16.5. The lowest BCUT2D eigenvalue weighted by Crippen LogP contribution is -2.26. The van der Waals surface area contributed by atoms with Crippen LogP contribution in [0.3, 0.4) is 0 Å². The molecule has 2 fully saturated rings. The predicted octanol–water partition coefficient (Wildman–Crippen LogP) is 3.10. The molecule has 5 nitrogen and oxygen atoms in total. The predicted molar refractivity (Wildman–Crippen MR) is 72.3 cm³/mol. The summed E-state index contributed by atoms with van der Waals surface area (Å²) in [6, 6.07) is 0. The molecule has 1 heterocycles. The Morgan fingerprint density at radius 2 is 2.00 bits per heavy atom. The number of carbonyl (C=O) groups excluding carboxylic acids is 1. The van der Waals surface area contributed by atoms with E-state index >= 15 is 0 Å². The van der Waals surface area contributed by atoms with Crippen LogP contribution in [0.5, 0.6) is 0 Å². The molecule has 3 rings (SSSR count). The second-order valence-electron chi connectivity index (χ2n) is 5.98. The van der Waals surface area contributed by atoms with Crippen LogP contribution in [0.2, 0.25) is 0 Å². The molecule has 0 spiro atoms. The first kappa shape index (κ1) is 13.7. The quantitative estimate of drug-likeness (QED) is 0.795. The van der Waals surface area contributed by atoms with E-state index in [0.29, 0.717) is 18.1 Å². The smallest absolute Gasteiger partial charge is 0.237 e.